The first-order valence-electron chi connectivity index (χ1n) is 10.9. The van der Waals surface area contributed by atoms with E-state index in [2.05, 4.69) is 15.4 Å². The number of esters is 1. The van der Waals surface area contributed by atoms with E-state index in [1.165, 1.54) is 0 Å². The van der Waals surface area contributed by atoms with Gasteiger partial charge in [-0.2, -0.15) is 0 Å². The maximum absolute atomic E-state index is 12.7. The number of ether oxygens (including phenoxy) is 2. The van der Waals surface area contributed by atoms with Crippen molar-refractivity contribution in [2.24, 2.45) is 5.92 Å². The lowest BCUT2D eigenvalue weighted by atomic mass is 9.98. The molecule has 1 aliphatic rings. The molecule has 3 N–H and O–H groups in total. The second-order valence-corrected chi connectivity index (χ2v) is 8.37. The van der Waals surface area contributed by atoms with E-state index in [0.29, 0.717) is 0 Å². The Morgan fingerprint density at radius 2 is 1.50 bits per heavy atom. The number of methoxy groups -OCH3 is 1. The van der Waals surface area contributed by atoms with Crippen LogP contribution in [0.25, 0.3) is 11.1 Å². The monoisotopic (exact) mass is 468 g/mol. The van der Waals surface area contributed by atoms with Crippen molar-refractivity contribution in [1.82, 2.24) is 10.6 Å². The standard InChI is InChI=1S/C25H28N2O7/c1-14(2)22(23(29)26-20(24(30)31)12-21(28)33-3)27-25(32)34-13-19-17-10-6-4-8-15(17)16-9-5-7-11-18(16)19/h4-11,14,19-20,22H,12-13H2,1-3H3,(H,26,29)(H,27,32)(H,30,31)/t20-,22-/m1/s1. The molecule has 3 rings (SSSR count). The van der Waals surface area contributed by atoms with Crippen molar-refractivity contribution in [1.29, 1.82) is 0 Å². The number of carbonyl (C=O) groups excluding carboxylic acids is 3. The SMILES string of the molecule is COC(=O)C[C@@H](NC(=O)[C@H](NC(=O)OCC1c2ccccc2-c2ccccc21)C(C)C)C(=O)O. The Morgan fingerprint density at radius 3 is 2.00 bits per heavy atom. The second-order valence-electron chi connectivity index (χ2n) is 8.37. The van der Waals surface area contributed by atoms with Crippen LogP contribution in [0.2, 0.25) is 0 Å². The summed E-state index contributed by atoms with van der Waals surface area (Å²) in [6.07, 6.45) is -1.33. The Bertz CT molecular complexity index is 1040. The molecule has 0 heterocycles. The highest BCUT2D eigenvalue weighted by Gasteiger charge is 2.32. The minimum atomic E-state index is -1.48. The summed E-state index contributed by atoms with van der Waals surface area (Å²) >= 11 is 0. The first-order valence-corrected chi connectivity index (χ1v) is 10.9. The fourth-order valence-corrected chi connectivity index (χ4v) is 4.01. The Balaban J connectivity index is 1.65. The summed E-state index contributed by atoms with van der Waals surface area (Å²) in [5.41, 5.74) is 4.30. The number of fused-ring (bicyclic) bond motifs is 3. The smallest absolute Gasteiger partial charge is 0.407 e. The third-order valence-electron chi connectivity index (χ3n) is 5.78. The third-order valence-corrected chi connectivity index (χ3v) is 5.78. The predicted octanol–water partition coefficient (Wildman–Crippen LogP) is 2.68. The highest BCUT2D eigenvalue weighted by molar-refractivity contribution is 5.91. The number of amides is 2. The summed E-state index contributed by atoms with van der Waals surface area (Å²) in [5.74, 6) is -3.41. The number of rotatable bonds is 9. The molecule has 9 nitrogen and oxygen atoms in total. The topological polar surface area (TPSA) is 131 Å². The van der Waals surface area contributed by atoms with Crippen molar-refractivity contribution in [3.63, 3.8) is 0 Å². The number of carbonyl (C=O) groups is 4. The lowest BCUT2D eigenvalue weighted by molar-refractivity contribution is -0.149. The van der Waals surface area contributed by atoms with E-state index in [1.54, 1.807) is 13.8 Å². The average molecular weight is 469 g/mol. The molecule has 34 heavy (non-hydrogen) atoms. The van der Waals surface area contributed by atoms with Crippen LogP contribution in [0, 0.1) is 5.92 Å². The molecule has 2 atom stereocenters. The molecule has 0 unspecified atom stereocenters. The van der Waals surface area contributed by atoms with Crippen LogP contribution in [0.4, 0.5) is 4.79 Å². The summed E-state index contributed by atoms with van der Waals surface area (Å²) < 4.78 is 9.96. The number of carboxylic acids is 1. The zero-order valence-corrected chi connectivity index (χ0v) is 19.2. The molecular weight excluding hydrogens is 440 g/mol. The van der Waals surface area contributed by atoms with Gasteiger partial charge in [-0.25, -0.2) is 9.59 Å². The Hall–Kier alpha value is -3.88. The zero-order chi connectivity index (χ0) is 24.8. The predicted molar refractivity (Wildman–Crippen MR) is 123 cm³/mol. The number of aliphatic carboxylic acids is 1. The average Bonchev–Trinajstić information content (AvgIpc) is 3.14. The van der Waals surface area contributed by atoms with Crippen molar-refractivity contribution >= 4 is 23.9 Å². The molecule has 0 spiro atoms. The lowest BCUT2D eigenvalue weighted by Crippen LogP contribution is -2.54. The van der Waals surface area contributed by atoms with Crippen LogP contribution < -0.4 is 10.6 Å². The summed E-state index contributed by atoms with van der Waals surface area (Å²) in [6.45, 7) is 3.47. The van der Waals surface area contributed by atoms with Crippen molar-refractivity contribution in [2.75, 3.05) is 13.7 Å². The fraction of sp³-hybridized carbons (Fsp3) is 0.360. The molecule has 0 aliphatic heterocycles. The number of hydrogen-bond donors (Lipinski definition) is 3. The maximum Gasteiger partial charge on any atom is 0.407 e. The van der Waals surface area contributed by atoms with E-state index in [9.17, 15) is 24.3 Å². The first-order chi connectivity index (χ1) is 16.2. The van der Waals surface area contributed by atoms with Crippen LogP contribution in [0.5, 0.6) is 0 Å². The molecule has 0 saturated heterocycles. The van der Waals surface area contributed by atoms with Crippen LogP contribution in [0.3, 0.4) is 0 Å². The van der Waals surface area contributed by atoms with Gasteiger partial charge in [-0.15, -0.1) is 0 Å². The molecule has 2 aromatic rings. The Labute approximate surface area is 197 Å². The maximum atomic E-state index is 12.7. The minimum Gasteiger partial charge on any atom is -0.480 e. The van der Waals surface area contributed by atoms with Gasteiger partial charge in [0, 0.05) is 5.92 Å². The van der Waals surface area contributed by atoms with E-state index < -0.39 is 42.4 Å². The van der Waals surface area contributed by atoms with Gasteiger partial charge in [0.05, 0.1) is 13.5 Å². The van der Waals surface area contributed by atoms with Crippen molar-refractivity contribution in [3.8, 4) is 11.1 Å². The third kappa shape index (κ3) is 5.54. The summed E-state index contributed by atoms with van der Waals surface area (Å²) in [4.78, 5) is 48.1. The Morgan fingerprint density at radius 1 is 0.941 bits per heavy atom. The van der Waals surface area contributed by atoms with Crippen molar-refractivity contribution < 1.29 is 33.8 Å². The van der Waals surface area contributed by atoms with E-state index in [1.807, 2.05) is 48.5 Å². The van der Waals surface area contributed by atoms with Gasteiger partial charge in [0.2, 0.25) is 5.91 Å². The largest absolute Gasteiger partial charge is 0.480 e. The van der Waals surface area contributed by atoms with Gasteiger partial charge < -0.3 is 25.2 Å². The molecule has 0 bridgehead atoms. The van der Waals surface area contributed by atoms with Crippen LogP contribution >= 0.6 is 0 Å². The molecule has 2 aromatic carbocycles. The molecular formula is C25H28N2O7. The van der Waals surface area contributed by atoms with E-state index in [0.717, 1.165) is 29.4 Å². The van der Waals surface area contributed by atoms with Crippen LogP contribution in [-0.2, 0) is 23.9 Å². The van der Waals surface area contributed by atoms with E-state index >= 15 is 0 Å². The van der Waals surface area contributed by atoms with Gasteiger partial charge in [-0.05, 0) is 28.2 Å². The number of carboxylic acid groups (broad SMARTS) is 1. The molecule has 180 valence electrons. The second kappa shape index (κ2) is 10.8. The quantitative estimate of drug-likeness (QED) is 0.482. The zero-order valence-electron chi connectivity index (χ0n) is 19.2. The molecule has 0 radical (unpaired) electrons. The molecule has 2 amide bonds. The number of alkyl carbamates (subject to hydrolysis) is 1. The normalized spacial score (nSPS) is 13.9. The summed E-state index contributed by atoms with van der Waals surface area (Å²) in [7, 11) is 1.12. The highest BCUT2D eigenvalue weighted by Crippen LogP contribution is 2.44. The minimum absolute atomic E-state index is 0.0758. The summed E-state index contributed by atoms with van der Waals surface area (Å²) in [5, 5.41) is 14.1. The molecule has 0 fully saturated rings. The van der Waals surface area contributed by atoms with E-state index in [4.69, 9.17) is 4.74 Å². The number of benzene rings is 2. The van der Waals surface area contributed by atoms with E-state index in [-0.39, 0.29) is 18.4 Å². The van der Waals surface area contributed by atoms with Crippen LogP contribution in [0.15, 0.2) is 48.5 Å². The van der Waals surface area contributed by atoms with Crippen molar-refractivity contribution in [2.45, 2.75) is 38.3 Å². The number of hydrogen-bond acceptors (Lipinski definition) is 6. The molecule has 1 aliphatic carbocycles. The first kappa shape index (κ1) is 24.8. The van der Waals surface area contributed by atoms with Crippen LogP contribution in [-0.4, -0.2) is 54.8 Å². The molecule has 0 saturated carbocycles. The van der Waals surface area contributed by atoms with Gasteiger partial charge in [0.15, 0.2) is 0 Å². The Kier molecular flexibility index (Phi) is 7.88. The summed E-state index contributed by atoms with van der Waals surface area (Å²) in [6, 6.07) is 13.3. The van der Waals surface area contributed by atoms with Crippen molar-refractivity contribution in [3.05, 3.63) is 59.7 Å². The van der Waals surface area contributed by atoms with Gasteiger partial charge in [0.1, 0.15) is 18.7 Å². The molecule has 9 heteroatoms. The number of nitrogens with one attached hydrogen (secondary N) is 2. The van der Waals surface area contributed by atoms with Crippen LogP contribution in [0.1, 0.15) is 37.3 Å². The lowest BCUT2D eigenvalue weighted by Gasteiger charge is -2.24. The van der Waals surface area contributed by atoms with Gasteiger partial charge >= 0.3 is 18.0 Å². The molecule has 0 aromatic heterocycles. The van der Waals surface area contributed by atoms with Gasteiger partial charge in [-0.1, -0.05) is 62.4 Å². The van der Waals surface area contributed by atoms with Gasteiger partial charge in [0.25, 0.3) is 0 Å². The fourth-order valence-electron chi connectivity index (χ4n) is 4.01. The van der Waals surface area contributed by atoms with Gasteiger partial charge in [-0.3, -0.25) is 9.59 Å². The highest BCUT2D eigenvalue weighted by atomic mass is 16.5.